The van der Waals surface area contributed by atoms with Crippen molar-refractivity contribution in [3.05, 3.63) is 21.8 Å². The van der Waals surface area contributed by atoms with Crippen molar-refractivity contribution >= 4 is 30.3 Å². The van der Waals surface area contributed by atoms with Crippen molar-refractivity contribution in [3.8, 4) is 0 Å². The second-order valence-corrected chi connectivity index (χ2v) is 18.9. The second kappa shape index (κ2) is 15.0. The van der Waals surface area contributed by atoms with Crippen LogP contribution in [0.4, 0.5) is 0 Å². The molecule has 0 saturated heterocycles. The lowest BCUT2D eigenvalue weighted by atomic mass is 9.33. The molecule has 10 atom stereocenters. The molecule has 0 heterocycles. The van der Waals surface area contributed by atoms with E-state index >= 15 is 0 Å². The summed E-state index contributed by atoms with van der Waals surface area (Å²) < 4.78 is 17.2. The molecule has 2 N–H and O–H groups in total. The Hall–Kier alpha value is -2.40. The van der Waals surface area contributed by atoms with Gasteiger partial charge in [-0.05, 0) is 110 Å². The minimum absolute atomic E-state index is 0. The summed E-state index contributed by atoms with van der Waals surface area (Å²) in [5.74, 6) is -0.481. The van der Waals surface area contributed by atoms with Gasteiger partial charge in [-0.3, -0.25) is 9.59 Å². The number of fused-ring (bicyclic) bond motifs is 7. The molecular weight excluding hydrogens is 688 g/mol. The molecule has 0 spiro atoms. The first-order chi connectivity index (χ1) is 23.7. The number of hydrogen-bond acceptors (Lipinski definition) is 10. The fraction of sp³-hybridized carbons (Fsp3) is 0.875. The summed E-state index contributed by atoms with van der Waals surface area (Å²) in [6.45, 7) is 19.7. The Morgan fingerprint density at radius 1 is 0.942 bits per heavy atom. The molecular formula is C40H65ClN2O9. The Balaban J connectivity index is 0.00000605. The molecule has 296 valence electrons. The number of ether oxygens (including phenoxy) is 3. The summed E-state index contributed by atoms with van der Waals surface area (Å²) in [7, 11) is 0. The van der Waals surface area contributed by atoms with Gasteiger partial charge in [-0.1, -0.05) is 80.4 Å². The molecule has 0 aromatic carbocycles. The van der Waals surface area contributed by atoms with E-state index in [1.807, 2.05) is 13.8 Å². The zero-order valence-electron chi connectivity index (χ0n) is 33.0. The summed E-state index contributed by atoms with van der Waals surface area (Å²) in [5, 5.41) is 9.69. The molecule has 0 bridgehead atoms. The van der Waals surface area contributed by atoms with Crippen LogP contribution in [0.25, 0.3) is 0 Å². The van der Waals surface area contributed by atoms with Gasteiger partial charge in [-0.2, -0.15) is 0 Å². The lowest BCUT2D eigenvalue weighted by molar-refractivity contribution is -0.754. The van der Waals surface area contributed by atoms with Crippen LogP contribution in [0.5, 0.6) is 0 Å². The van der Waals surface area contributed by atoms with Gasteiger partial charge in [0, 0.05) is 5.41 Å². The van der Waals surface area contributed by atoms with E-state index in [9.17, 15) is 24.5 Å². The molecule has 0 aromatic heterocycles. The Morgan fingerprint density at radius 3 is 2.25 bits per heavy atom. The Morgan fingerprint density at radius 2 is 1.60 bits per heavy atom. The summed E-state index contributed by atoms with van der Waals surface area (Å²) in [6, 6.07) is -0.688. The van der Waals surface area contributed by atoms with E-state index in [1.54, 1.807) is 0 Å². The summed E-state index contributed by atoms with van der Waals surface area (Å²) >= 11 is 0. The zero-order valence-corrected chi connectivity index (χ0v) is 33.9. The average Bonchev–Trinajstić information content (AvgIpc) is 3.06. The number of hydrogen-bond donors (Lipinski definition) is 1. The molecule has 0 aliphatic heterocycles. The van der Waals surface area contributed by atoms with Gasteiger partial charge in [-0.25, -0.2) is 4.79 Å². The maximum absolute atomic E-state index is 14.2. The van der Waals surface area contributed by atoms with Crippen LogP contribution in [-0.2, 0) is 33.4 Å². The SMILES string of the molecule is CC[C@H](C)[C@H](N)C(=O)OCCOC(=O)[C@]12CCC(C)(C)C[C@H]1C1=CC[C@@H]3[C@@]4(C)CC[C@H](OC(=O)CO[N+](=O)[O-])C(C)(C)[C@@H]4CC[C@@]3(C)[C@]1(C)CC2.Cl. The number of nitrogens with zero attached hydrogens (tertiary/aromatic N) is 1. The smallest absolute Gasteiger partial charge is 0.332 e. The fourth-order valence-electron chi connectivity index (χ4n) is 12.1. The Bertz CT molecular complexity index is 1420. The van der Waals surface area contributed by atoms with Crippen molar-refractivity contribution in [1.29, 1.82) is 0 Å². The van der Waals surface area contributed by atoms with Crippen LogP contribution >= 0.6 is 12.4 Å². The normalized spacial score (nSPS) is 38.2. The van der Waals surface area contributed by atoms with Crippen LogP contribution in [0.2, 0.25) is 0 Å². The molecule has 0 aromatic rings. The van der Waals surface area contributed by atoms with Crippen LogP contribution in [0, 0.1) is 66.3 Å². The second-order valence-electron chi connectivity index (χ2n) is 18.9. The van der Waals surface area contributed by atoms with E-state index in [-0.39, 0.29) is 76.6 Å². The standard InChI is InChI=1S/C40H64N2O9.ClH/c1-10-25(2)32(41)33(44)48-21-22-49-34(45)40-19-17-35(3,4)23-27(40)26-11-12-29-37(7)15-14-30(51-31(43)24-50-42(46)47)36(5,6)28(37)13-16-39(29,9)38(26,8)18-20-40;/h11,25,27-30,32H,10,12-24,41H2,1-9H3;1H/t25-,27-,28-,29+,30-,32-,37-,38+,39+,40-;/m0./s1. The third-order valence-electron chi connectivity index (χ3n) is 15.6. The quantitative estimate of drug-likeness (QED) is 0.0552. The van der Waals surface area contributed by atoms with Gasteiger partial charge in [-0.15, -0.1) is 22.5 Å². The van der Waals surface area contributed by atoms with Crippen LogP contribution in [-0.4, -0.2) is 55.0 Å². The van der Waals surface area contributed by atoms with Crippen molar-refractivity contribution in [3.63, 3.8) is 0 Å². The highest BCUT2D eigenvalue weighted by atomic mass is 35.5. The minimum atomic E-state index is -0.963. The molecule has 5 aliphatic rings. The van der Waals surface area contributed by atoms with Crippen LogP contribution in [0.15, 0.2) is 11.6 Å². The van der Waals surface area contributed by atoms with Gasteiger partial charge >= 0.3 is 17.9 Å². The van der Waals surface area contributed by atoms with Gasteiger partial charge in [0.05, 0.1) is 5.41 Å². The summed E-state index contributed by atoms with van der Waals surface area (Å²) in [5.41, 5.74) is 6.63. The number of halogens is 1. The van der Waals surface area contributed by atoms with Crippen LogP contribution < -0.4 is 5.73 Å². The van der Waals surface area contributed by atoms with E-state index in [0.29, 0.717) is 18.3 Å². The fourth-order valence-corrected chi connectivity index (χ4v) is 12.1. The highest BCUT2D eigenvalue weighted by Crippen LogP contribution is 2.76. The van der Waals surface area contributed by atoms with Gasteiger partial charge in [0.25, 0.3) is 5.09 Å². The van der Waals surface area contributed by atoms with Crippen molar-refractivity contribution in [1.82, 2.24) is 0 Å². The molecule has 5 rings (SSSR count). The van der Waals surface area contributed by atoms with Crippen molar-refractivity contribution < 1.29 is 38.5 Å². The molecule has 5 aliphatic carbocycles. The van der Waals surface area contributed by atoms with E-state index in [1.165, 1.54) is 5.57 Å². The topological polar surface area (TPSA) is 157 Å². The number of allylic oxidation sites excluding steroid dienone is 2. The highest BCUT2D eigenvalue weighted by molar-refractivity contribution is 5.85. The zero-order chi connectivity index (χ0) is 37.8. The number of carbonyl (C=O) groups excluding carboxylic acids is 3. The van der Waals surface area contributed by atoms with E-state index < -0.39 is 35.1 Å². The van der Waals surface area contributed by atoms with Crippen LogP contribution in [0.1, 0.15) is 133 Å². The van der Waals surface area contributed by atoms with E-state index in [2.05, 4.69) is 59.4 Å². The van der Waals surface area contributed by atoms with Crippen molar-refractivity contribution in [2.75, 3.05) is 19.8 Å². The number of nitrogens with two attached hydrogens (primary N) is 1. The lowest BCUT2D eigenvalue weighted by Gasteiger charge is -2.71. The van der Waals surface area contributed by atoms with E-state index in [0.717, 1.165) is 64.2 Å². The molecule has 0 amide bonds. The third kappa shape index (κ3) is 7.11. The minimum Gasteiger partial charge on any atom is -0.462 e. The molecule has 12 heteroatoms. The number of esters is 3. The molecule has 52 heavy (non-hydrogen) atoms. The van der Waals surface area contributed by atoms with Crippen molar-refractivity contribution in [2.24, 2.45) is 61.9 Å². The predicted molar refractivity (Wildman–Crippen MR) is 198 cm³/mol. The number of carbonyl (C=O) groups is 3. The first-order valence-electron chi connectivity index (χ1n) is 19.5. The molecule has 0 radical (unpaired) electrons. The van der Waals surface area contributed by atoms with Gasteiger partial charge < -0.3 is 24.8 Å². The first kappa shape index (κ1) is 42.3. The van der Waals surface area contributed by atoms with E-state index in [4.69, 9.17) is 19.9 Å². The third-order valence-corrected chi connectivity index (χ3v) is 15.6. The first-order valence-corrected chi connectivity index (χ1v) is 19.5. The average molecular weight is 753 g/mol. The largest absolute Gasteiger partial charge is 0.462 e. The lowest BCUT2D eigenvalue weighted by Crippen LogP contribution is -2.65. The highest BCUT2D eigenvalue weighted by Gasteiger charge is 2.69. The summed E-state index contributed by atoms with van der Waals surface area (Å²) in [6.07, 6.45) is 11.9. The maximum atomic E-state index is 14.2. The predicted octanol–water partition coefficient (Wildman–Crippen LogP) is 7.79. The molecule has 4 saturated carbocycles. The molecule has 11 nitrogen and oxygen atoms in total. The summed E-state index contributed by atoms with van der Waals surface area (Å²) in [4.78, 5) is 54.1. The van der Waals surface area contributed by atoms with Gasteiger partial charge in [0.15, 0.2) is 6.61 Å². The molecule has 4 fully saturated rings. The van der Waals surface area contributed by atoms with Crippen LogP contribution in [0.3, 0.4) is 0 Å². The van der Waals surface area contributed by atoms with Gasteiger partial charge in [0.1, 0.15) is 25.4 Å². The van der Waals surface area contributed by atoms with Crippen molar-refractivity contribution in [2.45, 2.75) is 145 Å². The van der Waals surface area contributed by atoms with Gasteiger partial charge in [0.2, 0.25) is 0 Å². The Kier molecular flexibility index (Phi) is 12.2. The maximum Gasteiger partial charge on any atom is 0.332 e. The molecule has 0 unspecified atom stereocenters. The Labute approximate surface area is 316 Å². The monoisotopic (exact) mass is 752 g/mol. The number of rotatable bonds is 11.